The van der Waals surface area contributed by atoms with Crippen molar-refractivity contribution in [1.82, 2.24) is 0 Å². The zero-order valence-corrected chi connectivity index (χ0v) is 10.3. The first-order chi connectivity index (χ1) is 7.54. The van der Waals surface area contributed by atoms with Gasteiger partial charge in [0.05, 0.1) is 5.69 Å². The Morgan fingerprint density at radius 3 is 2.81 bits per heavy atom. The van der Waals surface area contributed by atoms with Gasteiger partial charge in [0, 0.05) is 9.50 Å². The number of nitrogens with one attached hydrogen (secondary N) is 2. The molecular weight excluding hydrogens is 293 g/mol. The molecule has 0 aliphatic rings. The first kappa shape index (κ1) is 12.5. The van der Waals surface area contributed by atoms with Gasteiger partial charge < -0.3 is 5.73 Å². The van der Waals surface area contributed by atoms with Gasteiger partial charge in [0.1, 0.15) is 6.07 Å². The summed E-state index contributed by atoms with van der Waals surface area (Å²) in [5.74, 6) is -0.389. The van der Waals surface area contributed by atoms with Gasteiger partial charge in [-0.1, -0.05) is 11.6 Å². The number of nitrogens with zero attached hydrogens (tertiary/aromatic N) is 2. The molecule has 0 aliphatic heterocycles. The van der Waals surface area contributed by atoms with Gasteiger partial charge >= 0.3 is 0 Å². The molecule has 0 saturated carbocycles. The molecule has 7 heteroatoms. The van der Waals surface area contributed by atoms with Crippen LogP contribution in [-0.4, -0.2) is 11.5 Å². The number of hydrogen-bond acceptors (Lipinski definition) is 4. The van der Waals surface area contributed by atoms with E-state index in [4.69, 9.17) is 28.0 Å². The second-order valence-corrected chi connectivity index (χ2v) is 4.01. The molecule has 4 N–H and O–H groups in total. The monoisotopic (exact) mass is 299 g/mol. The summed E-state index contributed by atoms with van der Waals surface area (Å²) >= 11 is 9.03. The third-order valence-electron chi connectivity index (χ3n) is 1.58. The summed E-state index contributed by atoms with van der Waals surface area (Å²) in [6.45, 7) is 0. The molecule has 0 atom stereocenters. The van der Waals surface area contributed by atoms with E-state index in [0.717, 1.165) is 0 Å². The number of nitrogens with two attached hydrogens (primary N) is 1. The highest BCUT2D eigenvalue weighted by Crippen LogP contribution is 2.25. The van der Waals surface area contributed by atoms with Gasteiger partial charge in [-0.3, -0.25) is 10.8 Å². The Hall–Kier alpha value is -1.58. The van der Waals surface area contributed by atoms with E-state index >= 15 is 0 Å². The number of amidine groups is 1. The van der Waals surface area contributed by atoms with Crippen LogP contribution < -0.4 is 11.2 Å². The molecule has 0 heterocycles. The minimum atomic E-state index is -0.389. The van der Waals surface area contributed by atoms with E-state index in [9.17, 15) is 0 Å². The molecule has 0 amide bonds. The van der Waals surface area contributed by atoms with Crippen LogP contribution in [0.25, 0.3) is 0 Å². The Labute approximate surface area is 106 Å². The highest BCUT2D eigenvalue weighted by molar-refractivity contribution is 9.10. The SMILES string of the molecule is N#C/C(=N\Nc1ccc(Cl)cc1Br)C(=N)N. The zero-order chi connectivity index (χ0) is 12.1. The second kappa shape index (κ2) is 5.49. The Morgan fingerprint density at radius 2 is 2.31 bits per heavy atom. The fourth-order valence-corrected chi connectivity index (χ4v) is 1.61. The van der Waals surface area contributed by atoms with Crippen LogP contribution in [-0.2, 0) is 0 Å². The van der Waals surface area contributed by atoms with Crippen LogP contribution in [0, 0.1) is 16.7 Å². The minimum Gasteiger partial charge on any atom is -0.382 e. The molecule has 0 aliphatic carbocycles. The Balaban J connectivity index is 2.90. The molecular formula is C9H7BrClN5. The summed E-state index contributed by atoms with van der Waals surface area (Å²) in [6, 6.07) is 6.74. The lowest BCUT2D eigenvalue weighted by molar-refractivity contribution is 1.32. The van der Waals surface area contributed by atoms with E-state index in [0.29, 0.717) is 15.2 Å². The molecule has 1 aromatic carbocycles. The number of rotatable bonds is 3. The molecule has 5 nitrogen and oxygen atoms in total. The smallest absolute Gasteiger partial charge is 0.201 e. The summed E-state index contributed by atoms with van der Waals surface area (Å²) in [5, 5.41) is 19.9. The van der Waals surface area contributed by atoms with E-state index in [1.807, 2.05) is 0 Å². The lowest BCUT2D eigenvalue weighted by Crippen LogP contribution is -2.21. The van der Waals surface area contributed by atoms with Crippen molar-refractivity contribution in [2.75, 3.05) is 5.43 Å². The Bertz CT molecular complexity index is 491. The third kappa shape index (κ3) is 3.22. The van der Waals surface area contributed by atoms with Crippen molar-refractivity contribution in [2.24, 2.45) is 10.8 Å². The molecule has 0 spiro atoms. The minimum absolute atomic E-state index is 0.179. The first-order valence-corrected chi connectivity index (χ1v) is 5.25. The van der Waals surface area contributed by atoms with Crippen LogP contribution in [0.2, 0.25) is 5.02 Å². The van der Waals surface area contributed by atoms with Crippen LogP contribution in [0.3, 0.4) is 0 Å². The topological polar surface area (TPSA) is 98.0 Å². The predicted molar refractivity (Wildman–Crippen MR) is 67.7 cm³/mol. The fourth-order valence-electron chi connectivity index (χ4n) is 0.842. The lowest BCUT2D eigenvalue weighted by Gasteiger charge is -2.04. The predicted octanol–water partition coefficient (Wildman–Crippen LogP) is 2.33. The maximum absolute atomic E-state index is 8.61. The van der Waals surface area contributed by atoms with Crippen molar-refractivity contribution in [1.29, 1.82) is 10.7 Å². The molecule has 0 radical (unpaired) electrons. The van der Waals surface area contributed by atoms with Gasteiger partial charge in [-0.2, -0.15) is 10.4 Å². The van der Waals surface area contributed by atoms with Crippen LogP contribution >= 0.6 is 27.5 Å². The van der Waals surface area contributed by atoms with Crippen molar-refractivity contribution in [2.45, 2.75) is 0 Å². The largest absolute Gasteiger partial charge is 0.382 e. The van der Waals surface area contributed by atoms with Crippen LogP contribution in [0.15, 0.2) is 27.8 Å². The number of anilines is 1. The third-order valence-corrected chi connectivity index (χ3v) is 2.47. The zero-order valence-electron chi connectivity index (χ0n) is 7.96. The summed E-state index contributed by atoms with van der Waals surface area (Å²) in [6.07, 6.45) is 0. The van der Waals surface area contributed by atoms with E-state index in [1.165, 1.54) is 0 Å². The van der Waals surface area contributed by atoms with Gasteiger partial charge in [-0.25, -0.2) is 0 Å². The Morgan fingerprint density at radius 1 is 1.62 bits per heavy atom. The fraction of sp³-hybridized carbons (Fsp3) is 0. The van der Waals surface area contributed by atoms with E-state index < -0.39 is 0 Å². The number of hydrogen-bond donors (Lipinski definition) is 3. The molecule has 0 bridgehead atoms. The highest BCUT2D eigenvalue weighted by atomic mass is 79.9. The van der Waals surface area contributed by atoms with Crippen molar-refractivity contribution >= 4 is 44.8 Å². The second-order valence-electron chi connectivity index (χ2n) is 2.72. The van der Waals surface area contributed by atoms with Gasteiger partial charge in [-0.15, -0.1) is 0 Å². The molecule has 0 saturated heterocycles. The standard InChI is InChI=1S/C9H7BrClN5/c10-6-3-5(11)1-2-7(6)15-16-8(4-12)9(13)14/h1-3,15H,(H3,13,14)/b16-8+. The maximum Gasteiger partial charge on any atom is 0.201 e. The van der Waals surface area contributed by atoms with Crippen molar-refractivity contribution in [3.05, 3.63) is 27.7 Å². The van der Waals surface area contributed by atoms with Crippen LogP contribution in [0.1, 0.15) is 0 Å². The average Bonchev–Trinajstić information content (AvgIpc) is 2.21. The van der Waals surface area contributed by atoms with Crippen LogP contribution in [0.4, 0.5) is 5.69 Å². The van der Waals surface area contributed by atoms with Gasteiger partial charge in [0.25, 0.3) is 0 Å². The quantitative estimate of drug-likeness (QED) is 0.454. The lowest BCUT2D eigenvalue weighted by atomic mass is 10.3. The van der Waals surface area contributed by atoms with Crippen molar-refractivity contribution < 1.29 is 0 Å². The number of halogens is 2. The van der Waals surface area contributed by atoms with Gasteiger partial charge in [0.15, 0.2) is 5.84 Å². The molecule has 16 heavy (non-hydrogen) atoms. The van der Waals surface area contributed by atoms with E-state index in [2.05, 4.69) is 26.5 Å². The van der Waals surface area contributed by atoms with Crippen molar-refractivity contribution in [3.63, 3.8) is 0 Å². The maximum atomic E-state index is 8.61. The average molecular weight is 301 g/mol. The Kier molecular flexibility index (Phi) is 4.28. The highest BCUT2D eigenvalue weighted by Gasteiger charge is 2.03. The van der Waals surface area contributed by atoms with Crippen molar-refractivity contribution in [3.8, 4) is 6.07 Å². The molecule has 1 aromatic rings. The number of nitriles is 1. The number of hydrazone groups is 1. The molecule has 1 rings (SSSR count). The van der Waals surface area contributed by atoms with Gasteiger partial charge in [0.2, 0.25) is 5.71 Å². The molecule has 0 aromatic heterocycles. The molecule has 0 unspecified atom stereocenters. The van der Waals surface area contributed by atoms with Gasteiger partial charge in [-0.05, 0) is 34.1 Å². The first-order valence-electron chi connectivity index (χ1n) is 4.08. The summed E-state index contributed by atoms with van der Waals surface area (Å²) in [4.78, 5) is 0. The summed E-state index contributed by atoms with van der Waals surface area (Å²) < 4.78 is 0.699. The van der Waals surface area contributed by atoms with Crippen LogP contribution in [0.5, 0.6) is 0 Å². The molecule has 82 valence electrons. The molecule has 0 fully saturated rings. The summed E-state index contributed by atoms with van der Waals surface area (Å²) in [7, 11) is 0. The van der Waals surface area contributed by atoms with E-state index in [-0.39, 0.29) is 11.5 Å². The number of benzene rings is 1. The van der Waals surface area contributed by atoms with E-state index in [1.54, 1.807) is 24.3 Å². The normalized spacial score (nSPS) is 10.7. The summed E-state index contributed by atoms with van der Waals surface area (Å²) in [5.41, 5.74) is 8.19.